The van der Waals surface area contributed by atoms with Gasteiger partial charge in [0.15, 0.2) is 0 Å². The molecule has 0 aromatic heterocycles. The van der Waals surface area contributed by atoms with Crippen LogP contribution in [0.1, 0.15) is 10.4 Å². The zero-order chi connectivity index (χ0) is 14.5. The van der Waals surface area contributed by atoms with Gasteiger partial charge in [-0.05, 0) is 0 Å². The fourth-order valence-corrected chi connectivity index (χ4v) is 5.84. The Hall–Kier alpha value is -2.24. The molecule has 0 aliphatic heterocycles. The molecule has 0 N–H and O–H groups in total. The Labute approximate surface area is 126 Å². The molecule has 0 unspecified atom stereocenters. The number of rotatable bonds is 4. The second kappa shape index (κ2) is 6.47. The van der Waals surface area contributed by atoms with Gasteiger partial charge in [0.2, 0.25) is 0 Å². The SMILES string of the molecule is O=Cc1ccccc1[PH2](c1ccccc1)c1ccccc1. The third-order valence-electron chi connectivity index (χ3n) is 3.70. The van der Waals surface area contributed by atoms with E-state index in [4.69, 9.17) is 0 Å². The molecule has 0 spiro atoms. The Balaban J connectivity index is 2.20. The predicted molar refractivity (Wildman–Crippen MR) is 93.3 cm³/mol. The van der Waals surface area contributed by atoms with Crippen molar-refractivity contribution in [2.75, 3.05) is 0 Å². The van der Waals surface area contributed by atoms with Gasteiger partial charge in [-0.15, -0.1) is 0 Å². The Bertz CT molecular complexity index is 683. The minimum atomic E-state index is -1.60. The Morgan fingerprint density at radius 2 is 1.10 bits per heavy atom. The van der Waals surface area contributed by atoms with Gasteiger partial charge in [-0.25, -0.2) is 0 Å². The first-order valence-corrected chi connectivity index (χ1v) is 8.77. The van der Waals surface area contributed by atoms with E-state index in [2.05, 4.69) is 54.6 Å². The van der Waals surface area contributed by atoms with Crippen molar-refractivity contribution >= 4 is 30.1 Å². The monoisotopic (exact) mass is 292 g/mol. The van der Waals surface area contributed by atoms with Crippen molar-refractivity contribution in [3.63, 3.8) is 0 Å². The maximum atomic E-state index is 11.4. The van der Waals surface area contributed by atoms with Crippen molar-refractivity contribution < 1.29 is 4.79 Å². The summed E-state index contributed by atoms with van der Waals surface area (Å²) in [5.74, 6) is 0. The summed E-state index contributed by atoms with van der Waals surface area (Å²) in [5, 5.41) is 3.85. The molecule has 0 heterocycles. The number of carbonyl (C=O) groups excluding carboxylic acids is 1. The van der Waals surface area contributed by atoms with Crippen LogP contribution in [0, 0.1) is 0 Å². The average Bonchev–Trinajstić information content (AvgIpc) is 2.58. The van der Waals surface area contributed by atoms with Crippen LogP contribution < -0.4 is 15.9 Å². The number of hydrogen-bond donors (Lipinski definition) is 0. The number of carbonyl (C=O) groups is 1. The first-order chi connectivity index (χ1) is 10.4. The van der Waals surface area contributed by atoms with Crippen LogP contribution in [0.2, 0.25) is 0 Å². The van der Waals surface area contributed by atoms with Crippen molar-refractivity contribution in [2.45, 2.75) is 0 Å². The van der Waals surface area contributed by atoms with Crippen LogP contribution in [-0.4, -0.2) is 6.29 Å². The zero-order valence-corrected chi connectivity index (χ0v) is 12.8. The molecule has 2 heteroatoms. The normalized spacial score (nSPS) is 11.0. The summed E-state index contributed by atoms with van der Waals surface area (Å²) in [4.78, 5) is 11.4. The fraction of sp³-hybridized carbons (Fsp3) is 0. The molecule has 1 nitrogen and oxygen atoms in total. The molecule has 3 rings (SSSR count). The standard InChI is InChI=1S/C19H17OP/c20-15-16-9-7-8-14-19(16)21(17-10-3-1-4-11-17)18-12-5-2-6-13-18/h1-15H,21H2. The van der Waals surface area contributed by atoms with Crippen molar-refractivity contribution in [2.24, 2.45) is 0 Å². The van der Waals surface area contributed by atoms with Gasteiger partial charge in [0, 0.05) is 0 Å². The topological polar surface area (TPSA) is 17.1 Å². The molecular formula is C19H17OP. The first-order valence-electron chi connectivity index (χ1n) is 7.04. The first kappa shape index (κ1) is 13.7. The fourth-order valence-electron chi connectivity index (χ4n) is 2.72. The van der Waals surface area contributed by atoms with Gasteiger partial charge in [-0.1, -0.05) is 0 Å². The molecule has 0 radical (unpaired) electrons. The summed E-state index contributed by atoms with van der Waals surface area (Å²) in [6.07, 6.45) is 0.973. The van der Waals surface area contributed by atoms with E-state index < -0.39 is 7.92 Å². The van der Waals surface area contributed by atoms with Crippen LogP contribution in [0.15, 0.2) is 84.9 Å². The van der Waals surface area contributed by atoms with E-state index in [1.54, 1.807) is 0 Å². The van der Waals surface area contributed by atoms with Crippen LogP contribution in [0.4, 0.5) is 0 Å². The van der Waals surface area contributed by atoms with E-state index in [9.17, 15) is 4.79 Å². The molecule has 0 amide bonds. The number of benzene rings is 3. The molecule has 3 aromatic rings. The molecular weight excluding hydrogens is 275 g/mol. The molecule has 0 atom stereocenters. The van der Waals surface area contributed by atoms with Crippen molar-refractivity contribution in [3.8, 4) is 0 Å². The van der Waals surface area contributed by atoms with Crippen molar-refractivity contribution in [1.29, 1.82) is 0 Å². The van der Waals surface area contributed by atoms with Crippen LogP contribution in [0.25, 0.3) is 0 Å². The molecule has 0 fully saturated rings. The van der Waals surface area contributed by atoms with Crippen molar-refractivity contribution in [3.05, 3.63) is 90.5 Å². The van der Waals surface area contributed by atoms with E-state index in [1.807, 2.05) is 30.3 Å². The van der Waals surface area contributed by atoms with Gasteiger partial charge >= 0.3 is 125 Å². The molecule has 0 bridgehead atoms. The molecule has 0 aliphatic carbocycles. The Morgan fingerprint density at radius 3 is 1.62 bits per heavy atom. The molecule has 0 saturated heterocycles. The van der Waals surface area contributed by atoms with Crippen LogP contribution >= 0.6 is 7.92 Å². The van der Waals surface area contributed by atoms with Crippen LogP contribution in [0.3, 0.4) is 0 Å². The summed E-state index contributed by atoms with van der Waals surface area (Å²) in [5.41, 5.74) is 0.807. The van der Waals surface area contributed by atoms with Crippen LogP contribution in [0.5, 0.6) is 0 Å². The Morgan fingerprint density at radius 1 is 0.619 bits per heavy atom. The summed E-state index contributed by atoms with van der Waals surface area (Å²) >= 11 is 0. The summed E-state index contributed by atoms with van der Waals surface area (Å²) in [7, 11) is -1.60. The van der Waals surface area contributed by atoms with E-state index in [-0.39, 0.29) is 0 Å². The van der Waals surface area contributed by atoms with Gasteiger partial charge in [-0.2, -0.15) is 0 Å². The Kier molecular flexibility index (Phi) is 4.23. The summed E-state index contributed by atoms with van der Waals surface area (Å²) in [6.45, 7) is 0. The van der Waals surface area contributed by atoms with Gasteiger partial charge in [-0.3, -0.25) is 0 Å². The van der Waals surface area contributed by atoms with E-state index in [0.29, 0.717) is 0 Å². The predicted octanol–water partition coefficient (Wildman–Crippen LogP) is 2.72. The van der Waals surface area contributed by atoms with Gasteiger partial charge in [0.1, 0.15) is 0 Å². The summed E-state index contributed by atoms with van der Waals surface area (Å²) in [6, 6.07) is 29.0. The third kappa shape index (κ3) is 2.94. The molecule has 3 aromatic carbocycles. The number of aldehydes is 1. The second-order valence-corrected chi connectivity index (χ2v) is 7.82. The number of hydrogen-bond acceptors (Lipinski definition) is 1. The quantitative estimate of drug-likeness (QED) is 0.534. The second-order valence-electron chi connectivity index (χ2n) is 5.00. The zero-order valence-electron chi connectivity index (χ0n) is 11.6. The van der Waals surface area contributed by atoms with Crippen molar-refractivity contribution in [1.82, 2.24) is 0 Å². The molecule has 0 saturated carbocycles. The summed E-state index contributed by atoms with van der Waals surface area (Å²) < 4.78 is 0. The van der Waals surface area contributed by atoms with E-state index >= 15 is 0 Å². The van der Waals surface area contributed by atoms with Gasteiger partial charge < -0.3 is 0 Å². The third-order valence-corrected chi connectivity index (χ3v) is 6.95. The molecule has 21 heavy (non-hydrogen) atoms. The maximum absolute atomic E-state index is 11.4. The van der Waals surface area contributed by atoms with Gasteiger partial charge in [0.05, 0.1) is 0 Å². The van der Waals surface area contributed by atoms with E-state index in [0.717, 1.165) is 11.8 Å². The molecule has 104 valence electrons. The molecule has 0 aliphatic rings. The van der Waals surface area contributed by atoms with E-state index in [1.165, 1.54) is 15.9 Å². The van der Waals surface area contributed by atoms with Gasteiger partial charge in [0.25, 0.3) is 0 Å². The average molecular weight is 292 g/mol. The minimum absolute atomic E-state index is 0.807. The van der Waals surface area contributed by atoms with Crippen LogP contribution in [-0.2, 0) is 0 Å².